The molecule has 1 unspecified atom stereocenters. The quantitative estimate of drug-likeness (QED) is 0.759. The standard InChI is InChI=1S/C21H21FN2O4S/c22-11-6-7-14-16(8-11)29-17(9-15(25)12-2-1-3-13(12)21(26)27)18(14)20-23-19(24-28-20)10-4-5-10/h10-11H,1-9H2,(H,26,27). The molecular formula is C21H21FN2O4S. The molecule has 0 amide bonds. The Balaban J connectivity index is 1.52. The van der Waals surface area contributed by atoms with Gasteiger partial charge in [-0.25, -0.2) is 9.18 Å². The summed E-state index contributed by atoms with van der Waals surface area (Å²) in [6.45, 7) is 0. The van der Waals surface area contributed by atoms with Crippen LogP contribution in [-0.4, -0.2) is 33.2 Å². The topological polar surface area (TPSA) is 93.3 Å². The van der Waals surface area contributed by atoms with Crippen molar-refractivity contribution in [3.05, 3.63) is 32.3 Å². The second-order valence-corrected chi connectivity index (χ2v) is 9.28. The Morgan fingerprint density at radius 3 is 2.72 bits per heavy atom. The summed E-state index contributed by atoms with van der Waals surface area (Å²) in [7, 11) is 0. The highest BCUT2D eigenvalue weighted by Gasteiger charge is 2.34. The Bertz CT molecular complexity index is 1030. The number of Topliss-reactive ketones (excluding diaryl/α,β-unsaturated/α-hetero) is 1. The van der Waals surface area contributed by atoms with Crippen molar-refractivity contribution in [3.63, 3.8) is 0 Å². The van der Waals surface area contributed by atoms with Crippen LogP contribution in [0.1, 0.15) is 65.6 Å². The summed E-state index contributed by atoms with van der Waals surface area (Å²) >= 11 is 1.43. The van der Waals surface area contributed by atoms with Crippen molar-refractivity contribution in [1.29, 1.82) is 0 Å². The molecular weight excluding hydrogens is 395 g/mol. The van der Waals surface area contributed by atoms with Crippen LogP contribution in [0.2, 0.25) is 0 Å². The summed E-state index contributed by atoms with van der Waals surface area (Å²) in [6.07, 6.45) is 4.33. The molecule has 1 saturated carbocycles. The molecule has 1 N–H and O–H groups in total. The largest absolute Gasteiger partial charge is 0.478 e. The minimum absolute atomic E-state index is 0.0945. The number of allylic oxidation sites excluding steroid dienone is 1. The third kappa shape index (κ3) is 3.43. The highest BCUT2D eigenvalue weighted by Crippen LogP contribution is 2.44. The normalized spacial score (nSPS) is 21.5. The molecule has 29 heavy (non-hydrogen) atoms. The van der Waals surface area contributed by atoms with Gasteiger partial charge >= 0.3 is 5.97 Å². The van der Waals surface area contributed by atoms with Crippen LogP contribution in [-0.2, 0) is 28.9 Å². The van der Waals surface area contributed by atoms with Crippen molar-refractivity contribution in [2.45, 2.75) is 69.9 Å². The first-order valence-corrected chi connectivity index (χ1v) is 10.9. The third-order valence-electron chi connectivity index (χ3n) is 6.01. The summed E-state index contributed by atoms with van der Waals surface area (Å²) in [5.74, 6) is 0.275. The first-order chi connectivity index (χ1) is 14.0. The number of hydrogen-bond acceptors (Lipinski definition) is 6. The van der Waals surface area contributed by atoms with Gasteiger partial charge in [0.1, 0.15) is 6.17 Å². The maximum absolute atomic E-state index is 14.0. The van der Waals surface area contributed by atoms with Gasteiger partial charge in [0.05, 0.1) is 5.56 Å². The van der Waals surface area contributed by atoms with Gasteiger partial charge in [-0.05, 0) is 50.5 Å². The van der Waals surface area contributed by atoms with Crippen molar-refractivity contribution < 1.29 is 23.6 Å². The molecule has 5 rings (SSSR count). The predicted octanol–water partition coefficient (Wildman–Crippen LogP) is 4.18. The Kier molecular flexibility index (Phi) is 4.61. The number of carboxylic acid groups (broad SMARTS) is 1. The number of carbonyl (C=O) groups excluding carboxylic acids is 1. The van der Waals surface area contributed by atoms with E-state index in [-0.39, 0.29) is 17.8 Å². The maximum Gasteiger partial charge on any atom is 0.331 e. The molecule has 0 bridgehead atoms. The van der Waals surface area contributed by atoms with Gasteiger partial charge in [0.2, 0.25) is 0 Å². The van der Waals surface area contributed by atoms with Gasteiger partial charge in [0.25, 0.3) is 5.89 Å². The molecule has 2 aromatic heterocycles. The van der Waals surface area contributed by atoms with Crippen molar-refractivity contribution >= 4 is 23.1 Å². The van der Waals surface area contributed by atoms with E-state index in [2.05, 4.69) is 10.1 Å². The Morgan fingerprint density at radius 1 is 1.17 bits per heavy atom. The van der Waals surface area contributed by atoms with Crippen molar-refractivity contribution in [2.75, 3.05) is 0 Å². The molecule has 2 heterocycles. The molecule has 3 aliphatic carbocycles. The van der Waals surface area contributed by atoms with Crippen molar-refractivity contribution in [3.8, 4) is 11.5 Å². The number of alkyl halides is 1. The van der Waals surface area contributed by atoms with Gasteiger partial charge < -0.3 is 9.63 Å². The van der Waals surface area contributed by atoms with Crippen LogP contribution in [0.4, 0.5) is 4.39 Å². The fourth-order valence-electron chi connectivity index (χ4n) is 4.36. The lowest BCUT2D eigenvalue weighted by Crippen LogP contribution is -2.13. The number of nitrogens with zero attached hydrogens (tertiary/aromatic N) is 2. The SMILES string of the molecule is O=C(O)C1=C(C(=O)Cc2sc3c(c2-c2nc(C4CC4)no2)CCC(F)C3)CCC1. The maximum atomic E-state index is 14.0. The van der Waals surface area contributed by atoms with E-state index in [0.717, 1.165) is 33.7 Å². The van der Waals surface area contributed by atoms with Gasteiger partial charge in [-0.2, -0.15) is 4.98 Å². The second-order valence-electron chi connectivity index (χ2n) is 8.09. The fourth-order valence-corrected chi connectivity index (χ4v) is 5.76. The molecule has 6 nitrogen and oxygen atoms in total. The first-order valence-electron chi connectivity index (χ1n) is 10.1. The van der Waals surface area contributed by atoms with Gasteiger partial charge in [0, 0.05) is 39.7 Å². The van der Waals surface area contributed by atoms with Crippen LogP contribution in [0.25, 0.3) is 11.5 Å². The summed E-state index contributed by atoms with van der Waals surface area (Å²) in [4.78, 5) is 30.7. The lowest BCUT2D eigenvalue weighted by molar-refractivity contribution is -0.133. The first kappa shape index (κ1) is 18.7. The zero-order valence-electron chi connectivity index (χ0n) is 15.9. The summed E-state index contributed by atoms with van der Waals surface area (Å²) in [5.41, 5.74) is 2.44. The van der Waals surface area contributed by atoms with E-state index in [4.69, 9.17) is 4.52 Å². The zero-order valence-corrected chi connectivity index (χ0v) is 16.7. The molecule has 0 aliphatic heterocycles. The third-order valence-corrected chi connectivity index (χ3v) is 7.26. The number of halogens is 1. The number of aliphatic carboxylic acids is 1. The number of carbonyl (C=O) groups is 2. The lowest BCUT2D eigenvalue weighted by Gasteiger charge is -2.15. The molecule has 0 aromatic carbocycles. The van der Waals surface area contributed by atoms with E-state index >= 15 is 0 Å². The van der Waals surface area contributed by atoms with E-state index in [1.165, 1.54) is 11.3 Å². The minimum Gasteiger partial charge on any atom is -0.478 e. The van der Waals surface area contributed by atoms with Gasteiger partial charge in [0.15, 0.2) is 11.6 Å². The van der Waals surface area contributed by atoms with E-state index < -0.39 is 12.1 Å². The summed E-state index contributed by atoms with van der Waals surface area (Å²) in [6, 6.07) is 0. The molecule has 1 atom stereocenters. The van der Waals surface area contributed by atoms with Crippen LogP contribution in [0.3, 0.4) is 0 Å². The van der Waals surface area contributed by atoms with E-state index in [9.17, 15) is 19.1 Å². The van der Waals surface area contributed by atoms with E-state index in [1.807, 2.05) is 0 Å². The number of ketones is 1. The number of carboxylic acids is 1. The smallest absolute Gasteiger partial charge is 0.331 e. The number of fused-ring (bicyclic) bond motifs is 1. The molecule has 1 fully saturated rings. The Hall–Kier alpha value is -2.35. The van der Waals surface area contributed by atoms with Gasteiger partial charge in [-0.3, -0.25) is 4.79 Å². The number of hydrogen-bond donors (Lipinski definition) is 1. The van der Waals surface area contributed by atoms with Crippen molar-refractivity contribution in [1.82, 2.24) is 10.1 Å². The fraction of sp³-hybridized carbons (Fsp3) is 0.524. The zero-order chi connectivity index (χ0) is 20.1. The van der Waals surface area contributed by atoms with Crippen LogP contribution in [0.5, 0.6) is 0 Å². The molecule has 0 radical (unpaired) electrons. The Morgan fingerprint density at radius 2 is 1.97 bits per heavy atom. The van der Waals surface area contributed by atoms with Gasteiger partial charge in [-0.1, -0.05) is 5.16 Å². The molecule has 152 valence electrons. The van der Waals surface area contributed by atoms with Gasteiger partial charge in [-0.15, -0.1) is 11.3 Å². The van der Waals surface area contributed by atoms with Crippen LogP contribution < -0.4 is 0 Å². The highest BCUT2D eigenvalue weighted by molar-refractivity contribution is 7.12. The Labute approximate surface area is 170 Å². The monoisotopic (exact) mass is 416 g/mol. The summed E-state index contributed by atoms with van der Waals surface area (Å²) in [5, 5.41) is 13.5. The van der Waals surface area contributed by atoms with Crippen molar-refractivity contribution in [2.24, 2.45) is 0 Å². The van der Waals surface area contributed by atoms with Crippen LogP contribution in [0.15, 0.2) is 15.7 Å². The van der Waals surface area contributed by atoms with Crippen LogP contribution in [0, 0.1) is 0 Å². The lowest BCUT2D eigenvalue weighted by atomic mass is 9.92. The van der Waals surface area contributed by atoms with Crippen LogP contribution >= 0.6 is 11.3 Å². The molecule has 2 aromatic rings. The minimum atomic E-state index is -1.01. The summed E-state index contributed by atoms with van der Waals surface area (Å²) < 4.78 is 19.5. The average molecular weight is 416 g/mol. The molecule has 0 spiro atoms. The number of rotatable bonds is 6. The number of aromatic nitrogens is 2. The van der Waals surface area contributed by atoms with E-state index in [1.54, 1.807) is 0 Å². The number of thiophene rings is 1. The molecule has 3 aliphatic rings. The highest BCUT2D eigenvalue weighted by atomic mass is 32.1. The molecule has 0 saturated heterocycles. The second kappa shape index (κ2) is 7.16. The predicted molar refractivity (Wildman–Crippen MR) is 104 cm³/mol. The average Bonchev–Trinajstić information content (AvgIpc) is 3.10. The van der Waals surface area contributed by atoms with E-state index in [0.29, 0.717) is 61.7 Å². The molecule has 8 heteroatoms.